The van der Waals surface area contributed by atoms with Crippen LogP contribution in [0.4, 0.5) is 0 Å². The average Bonchev–Trinajstić information content (AvgIpc) is 2.46. The number of ether oxygens (including phenoxy) is 1. The van der Waals surface area contributed by atoms with Crippen LogP contribution >= 0.6 is 15.9 Å². The number of methoxy groups -OCH3 is 1. The summed E-state index contributed by atoms with van der Waals surface area (Å²) in [7, 11) is 1.63. The first-order valence-corrected chi connectivity index (χ1v) is 6.80. The van der Waals surface area contributed by atoms with Crippen molar-refractivity contribution in [2.75, 3.05) is 7.11 Å². The van der Waals surface area contributed by atoms with Gasteiger partial charge in [-0.05, 0) is 41.8 Å². The third kappa shape index (κ3) is 3.59. The molecular weight excluding hydrogens is 302 g/mol. The molecule has 0 saturated heterocycles. The summed E-state index contributed by atoms with van der Waals surface area (Å²) in [5.74, 6) is 0.629. The summed E-state index contributed by atoms with van der Waals surface area (Å²) in [6, 6.07) is 18.1. The minimum Gasteiger partial charge on any atom is -0.497 e. The van der Waals surface area contributed by atoms with Crippen molar-refractivity contribution in [2.24, 2.45) is 0 Å². The Morgan fingerprint density at radius 1 is 1.21 bits per heavy atom. The minimum absolute atomic E-state index is 0.156. The quantitative estimate of drug-likeness (QED) is 0.842. The first-order valence-electron chi connectivity index (χ1n) is 6.01. The van der Waals surface area contributed by atoms with Crippen LogP contribution in [0.5, 0.6) is 5.75 Å². The summed E-state index contributed by atoms with van der Waals surface area (Å²) >= 11 is 3.41. The highest BCUT2D eigenvalue weighted by atomic mass is 79.9. The van der Waals surface area contributed by atoms with Crippen molar-refractivity contribution in [3.05, 3.63) is 64.1 Å². The van der Waals surface area contributed by atoms with Crippen LogP contribution in [0.25, 0.3) is 0 Å². The van der Waals surface area contributed by atoms with E-state index in [0.29, 0.717) is 6.42 Å². The lowest BCUT2D eigenvalue weighted by Gasteiger charge is -2.11. The summed E-state index contributed by atoms with van der Waals surface area (Å²) < 4.78 is 6.25. The smallest absolute Gasteiger partial charge is 0.119 e. The Morgan fingerprint density at radius 2 is 1.95 bits per heavy atom. The van der Waals surface area contributed by atoms with E-state index in [2.05, 4.69) is 22.0 Å². The van der Waals surface area contributed by atoms with Gasteiger partial charge in [-0.15, -0.1) is 0 Å². The predicted molar refractivity (Wildman–Crippen MR) is 79.2 cm³/mol. The number of hydrogen-bond acceptors (Lipinski definition) is 2. The maximum atomic E-state index is 9.36. The van der Waals surface area contributed by atoms with E-state index < -0.39 is 0 Å². The van der Waals surface area contributed by atoms with Crippen LogP contribution in [0.3, 0.4) is 0 Å². The van der Waals surface area contributed by atoms with Crippen molar-refractivity contribution in [3.8, 4) is 11.8 Å². The number of halogens is 1. The molecule has 2 rings (SSSR count). The minimum atomic E-state index is -0.156. The molecule has 0 radical (unpaired) electrons. The van der Waals surface area contributed by atoms with Gasteiger partial charge in [-0.1, -0.05) is 40.2 Å². The Bertz CT molecular complexity index is 586. The topological polar surface area (TPSA) is 33.0 Å². The van der Waals surface area contributed by atoms with Crippen LogP contribution in [0.1, 0.15) is 17.0 Å². The van der Waals surface area contributed by atoms with Crippen molar-refractivity contribution in [2.45, 2.75) is 12.3 Å². The van der Waals surface area contributed by atoms with Gasteiger partial charge in [0.05, 0.1) is 19.1 Å². The lowest BCUT2D eigenvalue weighted by atomic mass is 9.93. The van der Waals surface area contributed by atoms with Crippen LogP contribution in [-0.2, 0) is 6.42 Å². The van der Waals surface area contributed by atoms with Gasteiger partial charge in [0.25, 0.3) is 0 Å². The molecule has 2 aromatic rings. The zero-order valence-corrected chi connectivity index (χ0v) is 12.2. The van der Waals surface area contributed by atoms with E-state index in [1.165, 1.54) is 0 Å². The second-order valence-corrected chi connectivity index (χ2v) is 5.20. The average molecular weight is 316 g/mol. The molecule has 0 aromatic heterocycles. The SMILES string of the molecule is COc1cccc(C(C#N)Cc2ccc(Br)cc2)c1. The zero-order chi connectivity index (χ0) is 13.7. The van der Waals surface area contributed by atoms with Crippen LogP contribution in [0, 0.1) is 11.3 Å². The van der Waals surface area contributed by atoms with Crippen LogP contribution in [0.2, 0.25) is 0 Å². The fourth-order valence-electron chi connectivity index (χ4n) is 1.95. The van der Waals surface area contributed by atoms with Gasteiger partial charge in [-0.2, -0.15) is 5.26 Å². The molecule has 0 N–H and O–H groups in total. The number of benzene rings is 2. The predicted octanol–water partition coefficient (Wildman–Crippen LogP) is 4.31. The molecule has 1 atom stereocenters. The largest absolute Gasteiger partial charge is 0.497 e. The van der Waals surface area contributed by atoms with Crippen molar-refractivity contribution in [3.63, 3.8) is 0 Å². The molecule has 0 spiro atoms. The van der Waals surface area contributed by atoms with Gasteiger partial charge in [0.15, 0.2) is 0 Å². The first kappa shape index (κ1) is 13.6. The third-order valence-electron chi connectivity index (χ3n) is 3.01. The van der Waals surface area contributed by atoms with Gasteiger partial charge < -0.3 is 4.74 Å². The van der Waals surface area contributed by atoms with Gasteiger partial charge in [-0.25, -0.2) is 0 Å². The fraction of sp³-hybridized carbons (Fsp3) is 0.188. The Kier molecular flexibility index (Phi) is 4.59. The number of hydrogen-bond donors (Lipinski definition) is 0. The molecule has 96 valence electrons. The molecule has 0 fully saturated rings. The van der Waals surface area contributed by atoms with Gasteiger partial charge in [-0.3, -0.25) is 0 Å². The molecule has 0 amide bonds. The van der Waals surface area contributed by atoms with Gasteiger partial charge in [0, 0.05) is 4.47 Å². The third-order valence-corrected chi connectivity index (χ3v) is 3.53. The molecule has 0 saturated carbocycles. The molecule has 1 unspecified atom stereocenters. The number of nitriles is 1. The molecule has 2 aromatic carbocycles. The molecule has 0 heterocycles. The second-order valence-electron chi connectivity index (χ2n) is 4.29. The van der Waals surface area contributed by atoms with Crippen LogP contribution < -0.4 is 4.74 Å². The van der Waals surface area contributed by atoms with E-state index in [1.54, 1.807) is 7.11 Å². The van der Waals surface area contributed by atoms with Crippen molar-refractivity contribution < 1.29 is 4.74 Å². The summed E-state index contributed by atoms with van der Waals surface area (Å²) in [5, 5.41) is 9.36. The van der Waals surface area contributed by atoms with E-state index in [4.69, 9.17) is 4.74 Å². The van der Waals surface area contributed by atoms with E-state index in [-0.39, 0.29) is 5.92 Å². The normalized spacial score (nSPS) is 11.6. The molecule has 0 aliphatic rings. The Hall–Kier alpha value is -1.79. The highest BCUT2D eigenvalue weighted by molar-refractivity contribution is 9.10. The maximum Gasteiger partial charge on any atom is 0.119 e. The number of rotatable bonds is 4. The summed E-state index contributed by atoms with van der Waals surface area (Å²) in [6.07, 6.45) is 0.705. The molecule has 0 aliphatic heterocycles. The Morgan fingerprint density at radius 3 is 2.58 bits per heavy atom. The molecule has 3 heteroatoms. The summed E-state index contributed by atoms with van der Waals surface area (Å²) in [5.41, 5.74) is 2.14. The lowest BCUT2D eigenvalue weighted by Crippen LogP contribution is -2.00. The van der Waals surface area contributed by atoms with E-state index in [0.717, 1.165) is 21.3 Å². The Labute approximate surface area is 121 Å². The lowest BCUT2D eigenvalue weighted by molar-refractivity contribution is 0.414. The van der Waals surface area contributed by atoms with Crippen molar-refractivity contribution >= 4 is 15.9 Å². The van der Waals surface area contributed by atoms with E-state index >= 15 is 0 Å². The molecular formula is C16H14BrNO. The summed E-state index contributed by atoms with van der Waals surface area (Å²) in [6.45, 7) is 0. The zero-order valence-electron chi connectivity index (χ0n) is 10.6. The molecule has 0 aliphatic carbocycles. The van der Waals surface area contributed by atoms with Crippen molar-refractivity contribution in [1.29, 1.82) is 5.26 Å². The number of nitrogens with zero attached hydrogens (tertiary/aromatic N) is 1. The highest BCUT2D eigenvalue weighted by Crippen LogP contribution is 2.24. The molecule has 19 heavy (non-hydrogen) atoms. The van der Waals surface area contributed by atoms with Gasteiger partial charge >= 0.3 is 0 Å². The van der Waals surface area contributed by atoms with Gasteiger partial charge in [0.2, 0.25) is 0 Å². The monoisotopic (exact) mass is 315 g/mol. The van der Waals surface area contributed by atoms with Crippen molar-refractivity contribution in [1.82, 2.24) is 0 Å². The van der Waals surface area contributed by atoms with Gasteiger partial charge in [0.1, 0.15) is 5.75 Å². The van der Waals surface area contributed by atoms with E-state index in [1.807, 2.05) is 48.5 Å². The standard InChI is InChI=1S/C16H14BrNO/c1-19-16-4-2-3-13(10-16)14(11-18)9-12-5-7-15(17)8-6-12/h2-8,10,14H,9H2,1H3. The molecule has 0 bridgehead atoms. The maximum absolute atomic E-state index is 9.36. The second kappa shape index (κ2) is 6.40. The highest BCUT2D eigenvalue weighted by Gasteiger charge is 2.12. The van der Waals surface area contributed by atoms with Crippen LogP contribution in [0.15, 0.2) is 53.0 Å². The van der Waals surface area contributed by atoms with Crippen LogP contribution in [-0.4, -0.2) is 7.11 Å². The fourth-order valence-corrected chi connectivity index (χ4v) is 2.22. The van der Waals surface area contributed by atoms with E-state index in [9.17, 15) is 5.26 Å². The molecule has 2 nitrogen and oxygen atoms in total. The summed E-state index contributed by atoms with van der Waals surface area (Å²) in [4.78, 5) is 0. The Balaban J connectivity index is 2.20. The first-order chi connectivity index (χ1) is 9.22.